The highest BCUT2D eigenvalue weighted by Gasteiger charge is 2.47. The van der Waals surface area contributed by atoms with Gasteiger partial charge in [0.25, 0.3) is 0 Å². The van der Waals surface area contributed by atoms with Gasteiger partial charge in [-0.2, -0.15) is 5.26 Å². The summed E-state index contributed by atoms with van der Waals surface area (Å²) in [6.07, 6.45) is 7.68. The summed E-state index contributed by atoms with van der Waals surface area (Å²) in [6, 6.07) is 5.30. The Kier molecular flexibility index (Phi) is 6.50. The molecule has 1 aliphatic heterocycles. The molecule has 9 heteroatoms. The van der Waals surface area contributed by atoms with Gasteiger partial charge >= 0.3 is 6.03 Å². The van der Waals surface area contributed by atoms with Crippen LogP contribution >= 0.6 is 0 Å². The highest BCUT2D eigenvalue weighted by atomic mass is 16.3. The van der Waals surface area contributed by atoms with Crippen LogP contribution in [0.2, 0.25) is 0 Å². The number of aldehydes is 1. The molecule has 0 radical (unpaired) electrons. The number of hydrogen-bond donors (Lipinski definition) is 3. The van der Waals surface area contributed by atoms with Gasteiger partial charge in [-0.15, -0.1) is 0 Å². The normalized spacial score (nSPS) is 24.7. The van der Waals surface area contributed by atoms with E-state index in [2.05, 4.69) is 21.4 Å². The summed E-state index contributed by atoms with van der Waals surface area (Å²) < 4.78 is 0. The Morgan fingerprint density at radius 3 is 2.74 bits per heavy atom. The second-order valence-electron chi connectivity index (χ2n) is 9.86. The number of rotatable bonds is 6. The fourth-order valence-electron chi connectivity index (χ4n) is 6.38. The molecule has 3 heterocycles. The van der Waals surface area contributed by atoms with E-state index in [1.807, 2.05) is 0 Å². The molecule has 4 atom stereocenters. The van der Waals surface area contributed by atoms with E-state index in [0.29, 0.717) is 66.2 Å². The molecule has 2 aliphatic carbocycles. The summed E-state index contributed by atoms with van der Waals surface area (Å²) >= 11 is 0. The number of aliphatic hydroxyl groups is 2. The Balaban J connectivity index is 1.37. The molecule has 2 fully saturated rings. The Bertz CT molecular complexity index is 1190. The van der Waals surface area contributed by atoms with E-state index in [-0.39, 0.29) is 24.8 Å². The number of aryl methyl sites for hydroxylation is 1. The number of nitrogens with zero attached hydrogens (tertiary/aromatic N) is 4. The zero-order valence-corrected chi connectivity index (χ0v) is 19.5. The van der Waals surface area contributed by atoms with Crippen LogP contribution in [0.15, 0.2) is 18.3 Å². The molecule has 2 aromatic rings. The third-order valence-corrected chi connectivity index (χ3v) is 8.09. The Hall–Kier alpha value is -3.35. The number of fused-ring (bicyclic) bond motifs is 3. The van der Waals surface area contributed by atoms with E-state index in [1.165, 1.54) is 23.9 Å². The smallest absolute Gasteiger partial charge is 0.328 e. The van der Waals surface area contributed by atoms with Crippen molar-refractivity contribution in [3.8, 4) is 6.07 Å². The molecule has 3 aliphatic rings. The number of carbonyl (C=O) groups excluding carboxylic acids is 2. The molecule has 182 valence electrons. The van der Waals surface area contributed by atoms with Crippen molar-refractivity contribution < 1.29 is 19.8 Å². The van der Waals surface area contributed by atoms with Gasteiger partial charge in [0, 0.05) is 24.9 Å². The van der Waals surface area contributed by atoms with Crippen LogP contribution in [-0.4, -0.2) is 45.6 Å². The molecule has 2 saturated carbocycles. The van der Waals surface area contributed by atoms with E-state index >= 15 is 0 Å². The summed E-state index contributed by atoms with van der Waals surface area (Å²) in [5, 5.41) is 31.9. The number of nitrogens with one attached hydrogen (secondary N) is 1. The minimum Gasteiger partial charge on any atom is -0.396 e. The maximum Gasteiger partial charge on any atom is 0.328 e. The van der Waals surface area contributed by atoms with Crippen LogP contribution in [0.25, 0.3) is 0 Å². The first-order valence-electron chi connectivity index (χ1n) is 12.2. The summed E-state index contributed by atoms with van der Waals surface area (Å²) in [6.45, 7) is 0.317. The number of pyridine rings is 2. The topological polar surface area (TPSA) is 139 Å². The van der Waals surface area contributed by atoms with Gasteiger partial charge in [-0.3, -0.25) is 15.0 Å². The lowest BCUT2D eigenvalue weighted by atomic mass is 9.76. The monoisotopic (exact) mass is 475 g/mol. The minimum atomic E-state index is -0.414. The molecule has 2 amide bonds. The van der Waals surface area contributed by atoms with Gasteiger partial charge in [-0.25, -0.2) is 14.8 Å². The van der Waals surface area contributed by atoms with Crippen LogP contribution in [-0.2, 0) is 19.4 Å². The van der Waals surface area contributed by atoms with Crippen LogP contribution in [0.1, 0.15) is 58.4 Å². The maximum absolute atomic E-state index is 13.2. The van der Waals surface area contributed by atoms with Crippen LogP contribution in [0.3, 0.4) is 0 Å². The van der Waals surface area contributed by atoms with E-state index < -0.39 is 6.03 Å². The largest absolute Gasteiger partial charge is 0.396 e. The van der Waals surface area contributed by atoms with Crippen molar-refractivity contribution in [3.05, 3.63) is 46.3 Å². The minimum absolute atomic E-state index is 0.119. The van der Waals surface area contributed by atoms with Crippen molar-refractivity contribution in [2.75, 3.05) is 23.4 Å². The zero-order valence-electron chi connectivity index (χ0n) is 19.5. The van der Waals surface area contributed by atoms with Crippen LogP contribution in [0.5, 0.6) is 0 Å². The summed E-state index contributed by atoms with van der Waals surface area (Å²) in [5.74, 6) is 2.49. The standard InChI is InChI=1S/C26H29N5O4/c27-10-20-11-28-24(9-18(20)8-21-15-3-4-16(6-15)22(21)13-33)30-26(35)31-5-1-2-17-7-19(12-32)23(14-34)29-25(17)31/h7,9,11,14-16,21-22,32-33H,1-6,8,12-13H2,(H,28,30,35)/t15-,16+,21+,22-/m0/s1. The number of aliphatic hydroxyl groups excluding tert-OH is 2. The molecule has 35 heavy (non-hydrogen) atoms. The molecule has 5 rings (SSSR count). The van der Waals surface area contributed by atoms with Crippen LogP contribution in [0, 0.1) is 35.0 Å². The molecule has 0 spiro atoms. The van der Waals surface area contributed by atoms with Gasteiger partial charge in [-0.05, 0) is 85.5 Å². The maximum atomic E-state index is 13.2. The first-order chi connectivity index (χ1) is 17.1. The lowest BCUT2D eigenvalue weighted by molar-refractivity contribution is 0.111. The summed E-state index contributed by atoms with van der Waals surface area (Å²) in [7, 11) is 0. The second kappa shape index (κ2) is 9.72. The molecule has 2 aromatic heterocycles. The molecule has 0 aromatic carbocycles. The molecule has 0 unspecified atom stereocenters. The fraction of sp³-hybridized carbons (Fsp3) is 0.500. The molecular formula is C26H29N5O4. The lowest BCUT2D eigenvalue weighted by Crippen LogP contribution is -2.40. The van der Waals surface area contributed by atoms with E-state index in [9.17, 15) is 25.1 Å². The second-order valence-corrected chi connectivity index (χ2v) is 9.86. The van der Waals surface area contributed by atoms with E-state index in [0.717, 1.165) is 24.0 Å². The fourth-order valence-corrected chi connectivity index (χ4v) is 6.38. The van der Waals surface area contributed by atoms with Gasteiger partial charge in [0.15, 0.2) is 6.29 Å². The Labute approximate surface area is 203 Å². The zero-order chi connectivity index (χ0) is 24.5. The van der Waals surface area contributed by atoms with Gasteiger partial charge in [0.1, 0.15) is 23.4 Å². The van der Waals surface area contributed by atoms with Crippen molar-refractivity contribution in [2.24, 2.45) is 23.7 Å². The predicted octanol–water partition coefficient (Wildman–Crippen LogP) is 2.83. The van der Waals surface area contributed by atoms with Crippen molar-refractivity contribution in [2.45, 2.75) is 45.1 Å². The molecular weight excluding hydrogens is 446 g/mol. The Morgan fingerprint density at radius 2 is 2.03 bits per heavy atom. The number of hydrogen-bond acceptors (Lipinski definition) is 7. The number of urea groups is 1. The first kappa shape index (κ1) is 23.4. The third kappa shape index (κ3) is 4.28. The molecule has 9 nitrogen and oxygen atoms in total. The van der Waals surface area contributed by atoms with Crippen molar-refractivity contribution >= 4 is 24.0 Å². The number of amides is 2. The van der Waals surface area contributed by atoms with Crippen molar-refractivity contribution in [1.82, 2.24) is 9.97 Å². The van der Waals surface area contributed by atoms with Gasteiger partial charge in [-0.1, -0.05) is 0 Å². The number of anilines is 2. The third-order valence-electron chi connectivity index (χ3n) is 8.09. The Morgan fingerprint density at radius 1 is 1.23 bits per heavy atom. The first-order valence-corrected chi connectivity index (χ1v) is 12.2. The van der Waals surface area contributed by atoms with Crippen molar-refractivity contribution in [3.63, 3.8) is 0 Å². The molecule has 0 saturated heterocycles. The van der Waals surface area contributed by atoms with Gasteiger partial charge < -0.3 is 10.2 Å². The number of aromatic nitrogens is 2. The highest BCUT2D eigenvalue weighted by molar-refractivity contribution is 6.01. The van der Waals surface area contributed by atoms with E-state index in [1.54, 1.807) is 12.1 Å². The quantitative estimate of drug-likeness (QED) is 0.546. The SMILES string of the molecule is N#Cc1cnc(NC(=O)N2CCCc3cc(CO)c(C=O)nc32)cc1C[C@@H]1[C@H]2CC[C@H](C2)[C@@H]1CO. The van der Waals surface area contributed by atoms with Crippen molar-refractivity contribution in [1.29, 1.82) is 5.26 Å². The number of nitriles is 1. The number of carbonyl (C=O) groups is 2. The average Bonchev–Trinajstić information content (AvgIpc) is 3.49. The van der Waals surface area contributed by atoms with Gasteiger partial charge in [0.2, 0.25) is 0 Å². The van der Waals surface area contributed by atoms with Crippen LogP contribution < -0.4 is 10.2 Å². The van der Waals surface area contributed by atoms with Crippen LogP contribution in [0.4, 0.5) is 16.4 Å². The van der Waals surface area contributed by atoms with Gasteiger partial charge in [0.05, 0.1) is 12.2 Å². The molecule has 2 bridgehead atoms. The highest BCUT2D eigenvalue weighted by Crippen LogP contribution is 2.53. The lowest BCUT2D eigenvalue weighted by Gasteiger charge is -2.30. The average molecular weight is 476 g/mol. The molecule has 3 N–H and O–H groups in total. The summed E-state index contributed by atoms with van der Waals surface area (Å²) in [4.78, 5) is 34.7. The summed E-state index contributed by atoms with van der Waals surface area (Å²) in [5.41, 5.74) is 2.69. The predicted molar refractivity (Wildman–Crippen MR) is 128 cm³/mol. The van der Waals surface area contributed by atoms with E-state index in [4.69, 9.17) is 0 Å².